The van der Waals surface area contributed by atoms with Crippen molar-refractivity contribution in [2.24, 2.45) is 0 Å². The van der Waals surface area contributed by atoms with Gasteiger partial charge in [0, 0.05) is 12.2 Å². The number of hydrogen-bond donors (Lipinski definition) is 1. The number of benzene rings is 2. The van der Waals surface area contributed by atoms with Crippen molar-refractivity contribution in [3.63, 3.8) is 0 Å². The van der Waals surface area contributed by atoms with E-state index in [0.29, 0.717) is 0 Å². The molecule has 2 rings (SSSR count). The summed E-state index contributed by atoms with van der Waals surface area (Å²) in [5, 5.41) is 3.10. The maximum absolute atomic E-state index is 12.7. The van der Waals surface area contributed by atoms with Crippen LogP contribution in [0.4, 0.5) is 5.69 Å². The monoisotopic (exact) mass is 296 g/mol. The molecule has 1 atom stereocenters. The molecule has 0 spiro atoms. The number of nitrogens with one attached hydrogen (secondary N) is 1. The van der Waals surface area contributed by atoms with Gasteiger partial charge in [0.05, 0.1) is 5.92 Å². The van der Waals surface area contributed by atoms with Gasteiger partial charge in [-0.05, 0) is 37.7 Å². The summed E-state index contributed by atoms with van der Waals surface area (Å²) in [5.74, 6) is -0.0616. The molecule has 1 unspecified atom stereocenters. The standard InChI is InChI=1S/C19H24N2O/c1-4-17(15-10-6-5-7-11-15)19(22)20-18-13-9-8-12-16(18)14-21(2)3/h5-13,17H,4,14H2,1-3H3,(H,20,22). The lowest BCUT2D eigenvalue weighted by atomic mass is 9.95. The predicted molar refractivity (Wildman–Crippen MR) is 91.9 cm³/mol. The smallest absolute Gasteiger partial charge is 0.231 e. The molecule has 2 aromatic rings. The summed E-state index contributed by atoms with van der Waals surface area (Å²) in [6, 6.07) is 17.9. The lowest BCUT2D eigenvalue weighted by Gasteiger charge is -2.18. The molecule has 0 aliphatic heterocycles. The largest absolute Gasteiger partial charge is 0.325 e. The Morgan fingerprint density at radius 2 is 1.68 bits per heavy atom. The van der Waals surface area contributed by atoms with Gasteiger partial charge in [-0.2, -0.15) is 0 Å². The summed E-state index contributed by atoms with van der Waals surface area (Å²) >= 11 is 0. The second-order valence-electron chi connectivity index (χ2n) is 5.76. The number of hydrogen-bond acceptors (Lipinski definition) is 2. The van der Waals surface area contributed by atoms with E-state index in [1.807, 2.05) is 69.6 Å². The fourth-order valence-corrected chi connectivity index (χ4v) is 2.60. The Morgan fingerprint density at radius 3 is 2.32 bits per heavy atom. The number of amides is 1. The molecule has 0 saturated heterocycles. The van der Waals surface area contributed by atoms with Crippen molar-refractivity contribution >= 4 is 11.6 Å². The van der Waals surface area contributed by atoms with Gasteiger partial charge in [-0.1, -0.05) is 55.5 Å². The quantitative estimate of drug-likeness (QED) is 0.877. The predicted octanol–water partition coefficient (Wildman–Crippen LogP) is 3.88. The third-order valence-corrected chi connectivity index (χ3v) is 3.69. The molecule has 0 heterocycles. The van der Waals surface area contributed by atoms with Gasteiger partial charge < -0.3 is 10.2 Å². The van der Waals surface area contributed by atoms with E-state index in [1.165, 1.54) is 0 Å². The lowest BCUT2D eigenvalue weighted by molar-refractivity contribution is -0.117. The van der Waals surface area contributed by atoms with Crippen LogP contribution in [0.5, 0.6) is 0 Å². The highest BCUT2D eigenvalue weighted by Gasteiger charge is 2.19. The minimum absolute atomic E-state index is 0.0555. The van der Waals surface area contributed by atoms with Gasteiger partial charge in [-0.3, -0.25) is 4.79 Å². The second kappa shape index (κ2) is 7.76. The number of carbonyl (C=O) groups is 1. The van der Waals surface area contributed by atoms with Crippen LogP contribution in [0.3, 0.4) is 0 Å². The van der Waals surface area contributed by atoms with E-state index in [-0.39, 0.29) is 11.8 Å². The van der Waals surface area contributed by atoms with Crippen molar-refractivity contribution in [3.05, 3.63) is 65.7 Å². The van der Waals surface area contributed by atoms with Crippen LogP contribution in [-0.4, -0.2) is 24.9 Å². The van der Waals surface area contributed by atoms with Crippen LogP contribution in [0.2, 0.25) is 0 Å². The van der Waals surface area contributed by atoms with E-state index in [2.05, 4.69) is 16.3 Å². The molecule has 3 nitrogen and oxygen atoms in total. The molecule has 22 heavy (non-hydrogen) atoms. The summed E-state index contributed by atoms with van der Waals surface area (Å²) in [6.07, 6.45) is 0.783. The summed E-state index contributed by atoms with van der Waals surface area (Å²) in [6.45, 7) is 2.85. The number of para-hydroxylation sites is 1. The average molecular weight is 296 g/mol. The second-order valence-corrected chi connectivity index (χ2v) is 5.76. The van der Waals surface area contributed by atoms with E-state index in [0.717, 1.165) is 29.8 Å². The summed E-state index contributed by atoms with van der Waals surface area (Å²) < 4.78 is 0. The molecule has 1 N–H and O–H groups in total. The van der Waals surface area contributed by atoms with Crippen LogP contribution in [0, 0.1) is 0 Å². The Kier molecular flexibility index (Phi) is 5.73. The van der Waals surface area contributed by atoms with Gasteiger partial charge >= 0.3 is 0 Å². The topological polar surface area (TPSA) is 32.3 Å². The van der Waals surface area contributed by atoms with Crippen LogP contribution in [0.1, 0.15) is 30.4 Å². The third-order valence-electron chi connectivity index (χ3n) is 3.69. The highest BCUT2D eigenvalue weighted by Crippen LogP contribution is 2.23. The summed E-state index contributed by atoms with van der Waals surface area (Å²) in [5.41, 5.74) is 3.09. The fraction of sp³-hybridized carbons (Fsp3) is 0.316. The van der Waals surface area contributed by atoms with Crippen LogP contribution in [-0.2, 0) is 11.3 Å². The van der Waals surface area contributed by atoms with Gasteiger partial charge in [0.15, 0.2) is 0 Å². The first kappa shape index (κ1) is 16.2. The van der Waals surface area contributed by atoms with Gasteiger partial charge in [-0.25, -0.2) is 0 Å². The minimum Gasteiger partial charge on any atom is -0.325 e. The van der Waals surface area contributed by atoms with Crippen LogP contribution in [0.15, 0.2) is 54.6 Å². The zero-order chi connectivity index (χ0) is 15.9. The van der Waals surface area contributed by atoms with E-state index in [4.69, 9.17) is 0 Å². The van der Waals surface area contributed by atoms with Crippen LogP contribution in [0.25, 0.3) is 0 Å². The van der Waals surface area contributed by atoms with Gasteiger partial charge in [0.25, 0.3) is 0 Å². The number of rotatable bonds is 6. The highest BCUT2D eigenvalue weighted by molar-refractivity contribution is 5.96. The Labute approximate surface area is 133 Å². The number of carbonyl (C=O) groups excluding carboxylic acids is 1. The molecule has 0 aromatic heterocycles. The lowest BCUT2D eigenvalue weighted by Crippen LogP contribution is -2.22. The van der Waals surface area contributed by atoms with E-state index in [1.54, 1.807) is 0 Å². The fourth-order valence-electron chi connectivity index (χ4n) is 2.60. The molecule has 0 radical (unpaired) electrons. The molecule has 1 amide bonds. The maximum atomic E-state index is 12.7. The van der Waals surface area contributed by atoms with E-state index < -0.39 is 0 Å². The molecule has 2 aromatic carbocycles. The zero-order valence-corrected chi connectivity index (χ0v) is 13.5. The molecular formula is C19H24N2O. The van der Waals surface area contributed by atoms with Crippen molar-refractivity contribution in [1.82, 2.24) is 4.90 Å². The Balaban J connectivity index is 2.17. The number of anilines is 1. The van der Waals surface area contributed by atoms with Crippen LogP contribution < -0.4 is 5.32 Å². The van der Waals surface area contributed by atoms with Gasteiger partial charge in [0.1, 0.15) is 0 Å². The maximum Gasteiger partial charge on any atom is 0.231 e. The molecule has 0 saturated carbocycles. The van der Waals surface area contributed by atoms with Crippen molar-refractivity contribution in [2.75, 3.05) is 19.4 Å². The summed E-state index contributed by atoms with van der Waals surface area (Å²) in [7, 11) is 4.05. The summed E-state index contributed by atoms with van der Waals surface area (Å²) in [4.78, 5) is 14.8. The Bertz CT molecular complexity index is 608. The van der Waals surface area contributed by atoms with Crippen molar-refractivity contribution in [2.45, 2.75) is 25.8 Å². The van der Waals surface area contributed by atoms with Crippen molar-refractivity contribution in [1.29, 1.82) is 0 Å². The van der Waals surface area contributed by atoms with Gasteiger partial charge in [0.2, 0.25) is 5.91 Å². The molecule has 0 aliphatic rings. The molecular weight excluding hydrogens is 272 g/mol. The Morgan fingerprint density at radius 1 is 1.05 bits per heavy atom. The highest BCUT2D eigenvalue weighted by atomic mass is 16.1. The first-order valence-corrected chi connectivity index (χ1v) is 7.70. The average Bonchev–Trinajstić information content (AvgIpc) is 2.50. The van der Waals surface area contributed by atoms with Gasteiger partial charge in [-0.15, -0.1) is 0 Å². The van der Waals surface area contributed by atoms with Crippen molar-refractivity contribution < 1.29 is 4.79 Å². The normalized spacial score (nSPS) is 12.2. The first-order chi connectivity index (χ1) is 10.6. The van der Waals surface area contributed by atoms with E-state index >= 15 is 0 Å². The minimum atomic E-state index is -0.117. The SMILES string of the molecule is CCC(C(=O)Nc1ccccc1CN(C)C)c1ccccc1. The third kappa shape index (κ3) is 4.18. The zero-order valence-electron chi connectivity index (χ0n) is 13.5. The van der Waals surface area contributed by atoms with Crippen LogP contribution >= 0.6 is 0 Å². The number of nitrogens with zero attached hydrogens (tertiary/aromatic N) is 1. The van der Waals surface area contributed by atoms with Crippen molar-refractivity contribution in [3.8, 4) is 0 Å². The molecule has 0 fully saturated rings. The first-order valence-electron chi connectivity index (χ1n) is 7.70. The molecule has 3 heteroatoms. The molecule has 116 valence electrons. The van der Waals surface area contributed by atoms with E-state index in [9.17, 15) is 4.79 Å². The molecule has 0 bridgehead atoms. The Hall–Kier alpha value is -2.13. The molecule has 0 aliphatic carbocycles.